The van der Waals surface area contributed by atoms with Crippen molar-refractivity contribution in [3.8, 4) is 16.7 Å². The van der Waals surface area contributed by atoms with E-state index in [1.165, 1.54) is 5.38 Å². The zero-order valence-electron chi connectivity index (χ0n) is 15.7. The number of nitriles is 1. The molecule has 5 rings (SSSR count). The summed E-state index contributed by atoms with van der Waals surface area (Å²) in [5, 5.41) is 24.7. The van der Waals surface area contributed by atoms with Crippen LogP contribution in [0.3, 0.4) is 0 Å². The molecule has 0 bridgehead atoms. The van der Waals surface area contributed by atoms with Gasteiger partial charge in [-0.25, -0.2) is 4.79 Å². The van der Waals surface area contributed by atoms with E-state index in [4.69, 9.17) is 8.83 Å². The van der Waals surface area contributed by atoms with Gasteiger partial charge in [-0.2, -0.15) is 5.26 Å². The molecule has 0 atom stereocenters. The van der Waals surface area contributed by atoms with E-state index in [-0.39, 0.29) is 17.0 Å². The maximum atomic E-state index is 12.7. The monoisotopic (exact) mass is 428 g/mol. The number of amides is 1. The van der Waals surface area contributed by atoms with Crippen LogP contribution in [0.4, 0.5) is 5.69 Å². The Bertz CT molecular complexity index is 1500. The maximum Gasteiger partial charge on any atom is 0.339 e. The van der Waals surface area contributed by atoms with Gasteiger partial charge in [-0.05, 0) is 24.3 Å². The molecule has 2 N–H and O–H groups in total. The molecule has 5 aromatic rings. The molecule has 3 heterocycles. The predicted molar refractivity (Wildman–Crippen MR) is 115 cm³/mol. The number of carboxylic acids is 1. The van der Waals surface area contributed by atoms with Crippen LogP contribution in [0.1, 0.15) is 26.5 Å². The van der Waals surface area contributed by atoms with Crippen LogP contribution in [0.2, 0.25) is 0 Å². The first-order valence-electron chi connectivity index (χ1n) is 9.13. The summed E-state index contributed by atoms with van der Waals surface area (Å²) in [7, 11) is 0. The largest absolute Gasteiger partial charge is 0.478 e. The quantitative estimate of drug-likeness (QED) is 0.378. The van der Waals surface area contributed by atoms with Crippen LogP contribution < -0.4 is 5.32 Å². The summed E-state index contributed by atoms with van der Waals surface area (Å²) in [6.45, 7) is 0. The molecule has 0 aliphatic carbocycles. The van der Waals surface area contributed by atoms with Gasteiger partial charge in [0, 0.05) is 16.2 Å². The summed E-state index contributed by atoms with van der Waals surface area (Å²) < 4.78 is 11.4. The van der Waals surface area contributed by atoms with Gasteiger partial charge in [0.1, 0.15) is 23.0 Å². The maximum absolute atomic E-state index is 12.7. The summed E-state index contributed by atoms with van der Waals surface area (Å²) in [4.78, 5) is 25.0. The van der Waals surface area contributed by atoms with Crippen molar-refractivity contribution in [3.05, 3.63) is 76.9 Å². The molecule has 0 fully saturated rings. The van der Waals surface area contributed by atoms with Crippen molar-refractivity contribution < 1.29 is 23.5 Å². The third-order valence-corrected chi connectivity index (χ3v) is 5.79. The fraction of sp³-hybridized carbons (Fsp3) is 0. The smallest absolute Gasteiger partial charge is 0.339 e. The Morgan fingerprint density at radius 2 is 1.84 bits per heavy atom. The Kier molecular flexibility index (Phi) is 4.31. The first kappa shape index (κ1) is 18.7. The Morgan fingerprint density at radius 1 is 1.03 bits per heavy atom. The Hall–Kier alpha value is -4.35. The van der Waals surface area contributed by atoms with Crippen LogP contribution in [0.25, 0.3) is 32.6 Å². The molecule has 0 spiro atoms. The second kappa shape index (κ2) is 7.16. The minimum atomic E-state index is -1.21. The van der Waals surface area contributed by atoms with E-state index in [1.807, 2.05) is 12.1 Å². The van der Waals surface area contributed by atoms with Crippen molar-refractivity contribution in [3.63, 3.8) is 0 Å². The van der Waals surface area contributed by atoms with E-state index in [2.05, 4.69) is 11.4 Å². The van der Waals surface area contributed by atoms with Crippen molar-refractivity contribution in [1.29, 1.82) is 5.26 Å². The van der Waals surface area contributed by atoms with Gasteiger partial charge in [0.15, 0.2) is 11.3 Å². The number of fused-ring (bicyclic) bond motifs is 2. The molecule has 7 nitrogen and oxygen atoms in total. The lowest BCUT2D eigenvalue weighted by Crippen LogP contribution is -2.13. The van der Waals surface area contributed by atoms with Crippen molar-refractivity contribution in [2.24, 2.45) is 0 Å². The van der Waals surface area contributed by atoms with Gasteiger partial charge in [0.05, 0.1) is 16.1 Å². The Balaban J connectivity index is 1.53. The molecule has 150 valence electrons. The van der Waals surface area contributed by atoms with Crippen molar-refractivity contribution in [2.75, 3.05) is 5.32 Å². The number of nitrogens with one attached hydrogen (secondary N) is 1. The molecule has 2 aromatic carbocycles. The molecule has 8 heteroatoms. The van der Waals surface area contributed by atoms with Gasteiger partial charge in [-0.3, -0.25) is 4.79 Å². The minimum Gasteiger partial charge on any atom is -0.478 e. The van der Waals surface area contributed by atoms with Gasteiger partial charge in [0.2, 0.25) is 0 Å². The standard InChI is InChI=1S/C23H12N2O5S/c24-10-14-6-3-5-13-9-17(30-20(13)14)21-19(23(27)28)15(11-31-21)25-22(26)18-8-12-4-1-2-7-16(12)29-18/h1-9,11H,(H,25,26)(H,27,28). The van der Waals surface area contributed by atoms with Gasteiger partial charge < -0.3 is 19.3 Å². The first-order valence-corrected chi connectivity index (χ1v) is 10.0. The number of aromatic carboxylic acids is 1. The highest BCUT2D eigenvalue weighted by atomic mass is 32.1. The van der Waals surface area contributed by atoms with E-state index in [1.54, 1.807) is 42.5 Å². The highest BCUT2D eigenvalue weighted by molar-refractivity contribution is 7.14. The van der Waals surface area contributed by atoms with E-state index >= 15 is 0 Å². The van der Waals surface area contributed by atoms with E-state index in [9.17, 15) is 20.0 Å². The average Bonchev–Trinajstić information content (AvgIpc) is 3.48. The molecular weight excluding hydrogens is 416 g/mol. The number of para-hydroxylation sites is 2. The molecule has 0 saturated heterocycles. The van der Waals surface area contributed by atoms with Crippen LogP contribution in [-0.4, -0.2) is 17.0 Å². The number of thiophene rings is 1. The van der Waals surface area contributed by atoms with Crippen LogP contribution in [0.5, 0.6) is 0 Å². The normalized spacial score (nSPS) is 10.9. The zero-order valence-corrected chi connectivity index (χ0v) is 16.5. The lowest BCUT2D eigenvalue weighted by atomic mass is 10.1. The first-order chi connectivity index (χ1) is 15.0. The summed E-state index contributed by atoms with van der Waals surface area (Å²) in [6.07, 6.45) is 0. The van der Waals surface area contributed by atoms with Crippen LogP contribution in [0.15, 0.2) is 68.8 Å². The van der Waals surface area contributed by atoms with E-state index in [0.717, 1.165) is 16.7 Å². The summed E-state index contributed by atoms with van der Waals surface area (Å²) >= 11 is 1.13. The summed E-state index contributed by atoms with van der Waals surface area (Å²) in [5.74, 6) is -1.38. The number of carbonyl (C=O) groups is 2. The van der Waals surface area contributed by atoms with Gasteiger partial charge in [0.25, 0.3) is 5.91 Å². The second-order valence-electron chi connectivity index (χ2n) is 6.71. The van der Waals surface area contributed by atoms with Crippen LogP contribution in [-0.2, 0) is 0 Å². The number of carboxylic acid groups (broad SMARTS) is 1. The van der Waals surface area contributed by atoms with E-state index < -0.39 is 11.9 Å². The number of carbonyl (C=O) groups excluding carboxylic acids is 1. The second-order valence-corrected chi connectivity index (χ2v) is 7.59. The molecule has 31 heavy (non-hydrogen) atoms. The van der Waals surface area contributed by atoms with Crippen LogP contribution in [0, 0.1) is 11.3 Å². The zero-order chi connectivity index (χ0) is 21.5. The Labute approximate surface area is 178 Å². The van der Waals surface area contributed by atoms with Gasteiger partial charge in [-0.15, -0.1) is 11.3 Å². The fourth-order valence-electron chi connectivity index (χ4n) is 3.38. The molecule has 1 amide bonds. The molecular formula is C23H12N2O5S. The van der Waals surface area contributed by atoms with E-state index in [0.29, 0.717) is 32.8 Å². The number of nitrogens with zero attached hydrogens (tertiary/aromatic N) is 1. The third kappa shape index (κ3) is 3.13. The predicted octanol–water partition coefficient (Wildman–Crippen LogP) is 5.73. The highest BCUT2D eigenvalue weighted by Gasteiger charge is 2.25. The molecule has 0 aliphatic rings. The molecule has 0 unspecified atom stereocenters. The third-order valence-electron chi connectivity index (χ3n) is 4.79. The number of hydrogen-bond donors (Lipinski definition) is 2. The topological polar surface area (TPSA) is 116 Å². The fourth-order valence-corrected chi connectivity index (χ4v) is 4.33. The number of benzene rings is 2. The SMILES string of the molecule is N#Cc1cccc2cc(-c3scc(NC(=O)c4cc5ccccc5o4)c3C(=O)O)oc12. The molecule has 3 aromatic heterocycles. The number of rotatable bonds is 4. The average molecular weight is 428 g/mol. The number of anilines is 1. The number of furan rings is 2. The lowest BCUT2D eigenvalue weighted by molar-refractivity contribution is 0.0699. The molecule has 0 radical (unpaired) electrons. The molecule has 0 aliphatic heterocycles. The Morgan fingerprint density at radius 3 is 2.61 bits per heavy atom. The highest BCUT2D eigenvalue weighted by Crippen LogP contribution is 2.39. The van der Waals surface area contributed by atoms with Gasteiger partial charge in [-0.1, -0.05) is 30.3 Å². The lowest BCUT2D eigenvalue weighted by Gasteiger charge is -2.03. The van der Waals surface area contributed by atoms with Crippen molar-refractivity contribution in [2.45, 2.75) is 0 Å². The van der Waals surface area contributed by atoms with Gasteiger partial charge >= 0.3 is 5.97 Å². The molecule has 0 saturated carbocycles. The summed E-state index contributed by atoms with van der Waals surface area (Å²) in [5.41, 5.74) is 1.35. The van der Waals surface area contributed by atoms with Crippen LogP contribution >= 0.6 is 11.3 Å². The van der Waals surface area contributed by atoms with Crippen molar-refractivity contribution in [1.82, 2.24) is 0 Å². The minimum absolute atomic E-state index is 0.0766. The van der Waals surface area contributed by atoms with Crippen molar-refractivity contribution >= 4 is 50.8 Å². The number of hydrogen-bond acceptors (Lipinski definition) is 6. The summed E-state index contributed by atoms with van der Waals surface area (Å²) in [6, 6.07) is 17.7.